The van der Waals surface area contributed by atoms with Crippen LogP contribution in [0.5, 0.6) is 0 Å². The highest BCUT2D eigenvalue weighted by atomic mass is 32.2. The maximum atomic E-state index is 12.4. The van der Waals surface area contributed by atoms with Crippen molar-refractivity contribution >= 4 is 40.1 Å². The third-order valence-corrected chi connectivity index (χ3v) is 4.13. The smallest absolute Gasteiger partial charge is 0.330 e. The first-order chi connectivity index (χ1) is 11.1. The number of carbonyl (C=O) groups excluding carboxylic acids is 1. The Labute approximate surface area is 139 Å². The van der Waals surface area contributed by atoms with Crippen molar-refractivity contribution in [2.24, 2.45) is 4.99 Å². The molecule has 0 aliphatic heterocycles. The van der Waals surface area contributed by atoms with Gasteiger partial charge in [0.05, 0.1) is 7.11 Å². The Bertz CT molecular complexity index is 731. The van der Waals surface area contributed by atoms with Crippen LogP contribution in [0.25, 0.3) is 10.8 Å². The van der Waals surface area contributed by atoms with E-state index in [1.54, 1.807) is 23.9 Å². The number of thioether (sulfide) groups is 1. The fourth-order valence-corrected chi connectivity index (χ4v) is 2.74. The molecule has 6 heteroatoms. The zero-order valence-electron chi connectivity index (χ0n) is 13.1. The molecule has 0 heterocycles. The molecule has 2 N–H and O–H groups in total. The monoisotopic (exact) mass is 331 g/mol. The lowest BCUT2D eigenvalue weighted by Crippen LogP contribution is -2.28. The van der Waals surface area contributed by atoms with Crippen LogP contribution in [0.2, 0.25) is 0 Å². The third kappa shape index (κ3) is 4.16. The molecule has 0 bridgehead atoms. The van der Waals surface area contributed by atoms with Crippen molar-refractivity contribution < 1.29 is 14.6 Å². The molecule has 1 unspecified atom stereocenters. The van der Waals surface area contributed by atoms with Gasteiger partial charge in [-0.2, -0.15) is 11.8 Å². The molecule has 23 heavy (non-hydrogen) atoms. The Kier molecular flexibility index (Phi) is 5.87. The minimum Gasteiger partial charge on any atom is -0.858 e. The van der Waals surface area contributed by atoms with Gasteiger partial charge in [-0.3, -0.25) is 4.99 Å². The summed E-state index contributed by atoms with van der Waals surface area (Å²) in [5, 5.41) is 14.1. The molecule has 0 radical (unpaired) electrons. The average molecular weight is 331 g/mol. The van der Waals surface area contributed by atoms with Crippen molar-refractivity contribution in [3.8, 4) is 0 Å². The zero-order chi connectivity index (χ0) is 16.8. The SMILES string of the molecule is COC(=O)C(CCSC)N=C([O-])c1cc(N)c2ccccc2c1. The number of nitrogen functional groups attached to an aromatic ring is 1. The summed E-state index contributed by atoms with van der Waals surface area (Å²) in [6.07, 6.45) is 2.39. The van der Waals surface area contributed by atoms with Gasteiger partial charge in [0.1, 0.15) is 6.04 Å². The predicted molar refractivity (Wildman–Crippen MR) is 93.7 cm³/mol. The van der Waals surface area contributed by atoms with Gasteiger partial charge in [-0.15, -0.1) is 0 Å². The van der Waals surface area contributed by atoms with Crippen LogP contribution in [-0.2, 0) is 9.53 Å². The normalized spacial score (nSPS) is 13.0. The highest BCUT2D eigenvalue weighted by Gasteiger charge is 2.17. The fourth-order valence-electron chi connectivity index (χ4n) is 2.28. The third-order valence-electron chi connectivity index (χ3n) is 3.48. The summed E-state index contributed by atoms with van der Waals surface area (Å²) in [6, 6.07) is 10.1. The van der Waals surface area contributed by atoms with Crippen LogP contribution in [-0.4, -0.2) is 37.0 Å². The van der Waals surface area contributed by atoms with Crippen molar-refractivity contribution in [2.75, 3.05) is 24.9 Å². The Hall–Kier alpha value is -2.21. The predicted octanol–water partition coefficient (Wildman–Crippen LogP) is 1.82. The summed E-state index contributed by atoms with van der Waals surface area (Å²) >= 11 is 1.59. The van der Waals surface area contributed by atoms with Crippen LogP contribution in [0.15, 0.2) is 41.4 Å². The minimum atomic E-state index is -0.785. The van der Waals surface area contributed by atoms with Crippen molar-refractivity contribution in [3.63, 3.8) is 0 Å². The number of methoxy groups -OCH3 is 1. The van der Waals surface area contributed by atoms with E-state index in [2.05, 4.69) is 4.99 Å². The van der Waals surface area contributed by atoms with E-state index < -0.39 is 17.9 Å². The van der Waals surface area contributed by atoms with Crippen LogP contribution >= 0.6 is 11.8 Å². The van der Waals surface area contributed by atoms with E-state index in [1.165, 1.54) is 7.11 Å². The largest absolute Gasteiger partial charge is 0.858 e. The summed E-state index contributed by atoms with van der Waals surface area (Å²) in [5.41, 5.74) is 6.89. The van der Waals surface area contributed by atoms with E-state index in [4.69, 9.17) is 10.5 Å². The summed E-state index contributed by atoms with van der Waals surface area (Å²) in [5.74, 6) is -0.240. The molecule has 122 valence electrons. The number of hydrogen-bond acceptors (Lipinski definition) is 6. The molecule has 0 aliphatic carbocycles. The van der Waals surface area contributed by atoms with Gasteiger partial charge in [-0.05, 0) is 47.4 Å². The van der Waals surface area contributed by atoms with Crippen LogP contribution in [0.4, 0.5) is 5.69 Å². The molecule has 0 saturated carbocycles. The maximum Gasteiger partial charge on any atom is 0.330 e. The summed E-state index contributed by atoms with van der Waals surface area (Å²) in [7, 11) is 1.29. The van der Waals surface area contributed by atoms with E-state index in [1.807, 2.05) is 30.5 Å². The molecular weight excluding hydrogens is 312 g/mol. The molecule has 2 aromatic rings. The van der Waals surface area contributed by atoms with Gasteiger partial charge in [0.25, 0.3) is 0 Å². The Morgan fingerprint density at radius 1 is 1.39 bits per heavy atom. The Morgan fingerprint density at radius 3 is 2.83 bits per heavy atom. The fraction of sp³-hybridized carbons (Fsp3) is 0.294. The number of fused-ring (bicyclic) bond motifs is 1. The first-order valence-corrected chi connectivity index (χ1v) is 8.56. The number of hydrogen-bond donors (Lipinski definition) is 1. The number of nitrogens with zero attached hydrogens (tertiary/aromatic N) is 1. The number of rotatable bonds is 6. The van der Waals surface area contributed by atoms with Crippen LogP contribution < -0.4 is 10.8 Å². The maximum absolute atomic E-state index is 12.4. The molecule has 1 atom stereocenters. The van der Waals surface area contributed by atoms with Gasteiger partial charge >= 0.3 is 5.97 Å². The Balaban J connectivity index is 2.36. The molecule has 0 saturated heterocycles. The summed E-state index contributed by atoms with van der Waals surface area (Å²) in [4.78, 5) is 15.8. The lowest BCUT2D eigenvalue weighted by Gasteiger charge is -2.17. The number of benzene rings is 2. The quantitative estimate of drug-likeness (QED) is 0.377. The highest BCUT2D eigenvalue weighted by molar-refractivity contribution is 7.98. The number of ether oxygens (including phenoxy) is 1. The lowest BCUT2D eigenvalue weighted by atomic mass is 10.0. The zero-order valence-corrected chi connectivity index (χ0v) is 13.9. The van der Waals surface area contributed by atoms with Crippen molar-refractivity contribution in [1.82, 2.24) is 0 Å². The second-order valence-corrected chi connectivity index (χ2v) is 6.03. The lowest BCUT2D eigenvalue weighted by molar-refractivity contribution is -0.213. The second kappa shape index (κ2) is 7.87. The molecule has 0 aromatic heterocycles. The molecule has 0 fully saturated rings. The topological polar surface area (TPSA) is 87.7 Å². The van der Waals surface area contributed by atoms with Crippen LogP contribution in [0.1, 0.15) is 12.0 Å². The van der Waals surface area contributed by atoms with Crippen molar-refractivity contribution in [1.29, 1.82) is 0 Å². The average Bonchev–Trinajstić information content (AvgIpc) is 2.57. The second-order valence-electron chi connectivity index (χ2n) is 5.04. The highest BCUT2D eigenvalue weighted by Crippen LogP contribution is 2.23. The van der Waals surface area contributed by atoms with E-state index in [9.17, 15) is 9.90 Å². The molecular formula is C17H19N2O3S-. The molecule has 0 aliphatic rings. The van der Waals surface area contributed by atoms with E-state index in [0.717, 1.165) is 16.5 Å². The summed E-state index contributed by atoms with van der Waals surface area (Å²) < 4.78 is 4.72. The number of esters is 1. The minimum absolute atomic E-state index is 0.374. The van der Waals surface area contributed by atoms with Crippen LogP contribution in [0, 0.1) is 0 Å². The molecule has 2 rings (SSSR count). The van der Waals surface area contributed by atoms with Gasteiger partial charge in [-0.1, -0.05) is 24.3 Å². The molecule has 0 spiro atoms. The van der Waals surface area contributed by atoms with Gasteiger partial charge < -0.3 is 15.6 Å². The van der Waals surface area contributed by atoms with E-state index in [0.29, 0.717) is 17.7 Å². The van der Waals surface area contributed by atoms with Gasteiger partial charge in [0, 0.05) is 11.1 Å². The first-order valence-electron chi connectivity index (χ1n) is 7.17. The molecule has 5 nitrogen and oxygen atoms in total. The number of carbonyl (C=O) groups is 1. The van der Waals surface area contributed by atoms with Gasteiger partial charge in [-0.25, -0.2) is 4.79 Å². The van der Waals surface area contributed by atoms with E-state index in [-0.39, 0.29) is 0 Å². The van der Waals surface area contributed by atoms with E-state index >= 15 is 0 Å². The van der Waals surface area contributed by atoms with Crippen LogP contribution in [0.3, 0.4) is 0 Å². The first kappa shape index (κ1) is 17.1. The number of nitrogens with two attached hydrogens (primary N) is 1. The number of anilines is 1. The van der Waals surface area contributed by atoms with Crippen molar-refractivity contribution in [3.05, 3.63) is 42.0 Å². The Morgan fingerprint density at radius 2 is 2.13 bits per heavy atom. The molecule has 0 amide bonds. The summed E-state index contributed by atoms with van der Waals surface area (Å²) in [6.45, 7) is 0. The standard InChI is InChI=1S/C17H20N2O3S/c1-22-17(21)15(7-8-23-2)19-16(20)12-9-11-5-3-4-6-13(11)14(18)10-12/h3-6,9-10,15H,7-8,18H2,1-2H3,(H,19,20)/p-1. The van der Waals surface area contributed by atoms with Gasteiger partial charge in [0.2, 0.25) is 0 Å². The molecule has 2 aromatic carbocycles. The van der Waals surface area contributed by atoms with Gasteiger partial charge in [0.15, 0.2) is 0 Å². The van der Waals surface area contributed by atoms with Crippen molar-refractivity contribution in [2.45, 2.75) is 12.5 Å². The number of aliphatic imine (C=N–C) groups is 1.